The molecule has 0 radical (unpaired) electrons. The molecule has 0 aromatic rings. The minimum Gasteiger partial charge on any atom is -0.390 e. The fraction of sp³-hybridized carbons (Fsp3) is 0.955. The molecule has 0 heterocycles. The van der Waals surface area contributed by atoms with Crippen molar-refractivity contribution in [3.8, 4) is 0 Å². The number of ketones is 1. The van der Waals surface area contributed by atoms with Crippen LogP contribution >= 0.6 is 15.9 Å². The maximum atomic E-state index is 12.5. The van der Waals surface area contributed by atoms with Crippen LogP contribution in [-0.2, 0) is 4.79 Å². The normalized spacial score (nSPS) is 55.2. The molecule has 4 fully saturated rings. The van der Waals surface area contributed by atoms with Crippen molar-refractivity contribution in [2.24, 2.45) is 40.4 Å². The van der Waals surface area contributed by atoms with E-state index in [1.807, 2.05) is 6.92 Å². The summed E-state index contributed by atoms with van der Waals surface area (Å²) in [5, 5.41) is 11.1. The van der Waals surface area contributed by atoms with E-state index < -0.39 is 5.60 Å². The van der Waals surface area contributed by atoms with Gasteiger partial charge in [-0.2, -0.15) is 0 Å². The predicted octanol–water partition coefficient (Wildman–Crippen LogP) is 5.36. The molecule has 0 aromatic heterocycles. The maximum absolute atomic E-state index is 12.5. The zero-order valence-electron chi connectivity index (χ0n) is 16.2. The SMILES string of the molecule is C[C@@]1(O)CC[C@@]2(C)C(CC[C@@H]3[C@@H]2CC[C@]2(C)C(C(=O)CBr)CC[C@@H]32)C1. The van der Waals surface area contributed by atoms with Gasteiger partial charge in [0.1, 0.15) is 5.78 Å². The molecule has 1 N–H and O–H groups in total. The summed E-state index contributed by atoms with van der Waals surface area (Å²) in [5.74, 6) is 3.81. The Balaban J connectivity index is 1.59. The smallest absolute Gasteiger partial charge is 0.147 e. The first-order valence-electron chi connectivity index (χ1n) is 10.5. The molecule has 3 heteroatoms. The fourth-order valence-corrected chi connectivity index (χ4v) is 8.44. The summed E-state index contributed by atoms with van der Waals surface area (Å²) in [4.78, 5) is 12.5. The van der Waals surface area contributed by atoms with Crippen molar-refractivity contribution < 1.29 is 9.90 Å². The van der Waals surface area contributed by atoms with E-state index in [0.717, 1.165) is 37.0 Å². The van der Waals surface area contributed by atoms with Crippen LogP contribution in [0.25, 0.3) is 0 Å². The topological polar surface area (TPSA) is 37.3 Å². The second-order valence-electron chi connectivity index (χ2n) is 10.6. The van der Waals surface area contributed by atoms with E-state index in [4.69, 9.17) is 0 Å². The predicted molar refractivity (Wildman–Crippen MR) is 105 cm³/mol. The van der Waals surface area contributed by atoms with Crippen molar-refractivity contribution >= 4 is 21.7 Å². The van der Waals surface area contributed by atoms with E-state index in [-0.39, 0.29) is 11.3 Å². The lowest BCUT2D eigenvalue weighted by molar-refractivity contribution is -0.150. The molecule has 4 saturated carbocycles. The molecule has 4 rings (SSSR count). The molecule has 4 aliphatic rings. The molecule has 25 heavy (non-hydrogen) atoms. The van der Waals surface area contributed by atoms with Gasteiger partial charge in [-0.1, -0.05) is 29.8 Å². The van der Waals surface area contributed by atoms with Gasteiger partial charge in [0.05, 0.1) is 10.9 Å². The Labute approximate surface area is 161 Å². The summed E-state index contributed by atoms with van der Waals surface area (Å²) in [6.07, 6.45) is 10.7. The summed E-state index contributed by atoms with van der Waals surface area (Å²) < 4.78 is 0. The van der Waals surface area contributed by atoms with Gasteiger partial charge in [-0.15, -0.1) is 0 Å². The summed E-state index contributed by atoms with van der Waals surface area (Å²) in [7, 11) is 0. The van der Waals surface area contributed by atoms with Gasteiger partial charge >= 0.3 is 0 Å². The molecule has 8 atom stereocenters. The summed E-state index contributed by atoms with van der Waals surface area (Å²) in [5.41, 5.74) is 0.223. The first kappa shape index (κ1) is 18.5. The zero-order chi connectivity index (χ0) is 18.0. The van der Waals surface area contributed by atoms with E-state index in [9.17, 15) is 9.90 Å². The number of rotatable bonds is 2. The van der Waals surface area contributed by atoms with Gasteiger partial charge < -0.3 is 5.11 Å². The number of fused-ring (bicyclic) bond motifs is 5. The molecule has 0 aromatic carbocycles. The average molecular weight is 411 g/mol. The van der Waals surface area contributed by atoms with Crippen LogP contribution in [-0.4, -0.2) is 21.8 Å². The quantitative estimate of drug-likeness (QED) is 0.621. The molecule has 2 nitrogen and oxygen atoms in total. The summed E-state index contributed by atoms with van der Waals surface area (Å²) in [6, 6.07) is 0. The molecule has 0 aliphatic heterocycles. The lowest BCUT2D eigenvalue weighted by Crippen LogP contribution is -2.55. The highest BCUT2D eigenvalue weighted by Crippen LogP contribution is 2.68. The number of Topliss-reactive ketones (excluding diaryl/α,β-unsaturated/α-hetero) is 1. The zero-order valence-corrected chi connectivity index (χ0v) is 17.8. The number of carbonyl (C=O) groups excluding carboxylic acids is 1. The molecular weight excluding hydrogens is 376 g/mol. The van der Waals surface area contributed by atoms with Crippen molar-refractivity contribution in [2.75, 3.05) is 5.33 Å². The molecule has 142 valence electrons. The summed E-state index contributed by atoms with van der Waals surface area (Å²) >= 11 is 3.43. The van der Waals surface area contributed by atoms with Crippen molar-refractivity contribution in [3.63, 3.8) is 0 Å². The van der Waals surface area contributed by atoms with E-state index in [2.05, 4.69) is 29.8 Å². The number of hydrogen-bond donors (Lipinski definition) is 1. The second-order valence-corrected chi connectivity index (χ2v) is 11.2. The van der Waals surface area contributed by atoms with E-state index in [1.165, 1.54) is 38.5 Å². The lowest BCUT2D eigenvalue weighted by atomic mass is 9.44. The maximum Gasteiger partial charge on any atom is 0.147 e. The van der Waals surface area contributed by atoms with Crippen molar-refractivity contribution in [1.29, 1.82) is 0 Å². The molecule has 0 amide bonds. The van der Waals surface area contributed by atoms with Crippen LogP contribution in [0.5, 0.6) is 0 Å². The number of aliphatic hydroxyl groups is 1. The Bertz CT molecular complexity index is 558. The Morgan fingerprint density at radius 3 is 2.40 bits per heavy atom. The fourth-order valence-electron chi connectivity index (χ4n) is 8.05. The third-order valence-corrected chi connectivity index (χ3v) is 10.0. The number of carbonyl (C=O) groups is 1. The van der Waals surface area contributed by atoms with Gasteiger partial charge in [0.25, 0.3) is 0 Å². The van der Waals surface area contributed by atoms with Crippen molar-refractivity contribution in [1.82, 2.24) is 0 Å². The van der Waals surface area contributed by atoms with Gasteiger partial charge in [-0.3, -0.25) is 4.79 Å². The second kappa shape index (κ2) is 6.06. The lowest BCUT2D eigenvalue weighted by Gasteiger charge is -2.61. The standard InChI is InChI=1S/C22H35BrO2/c1-20(25)10-11-21(2)14(12-20)4-5-15-16-6-7-18(19(24)13-23)22(16,3)9-8-17(15)21/h14-18,25H,4-13H2,1-3H3/t14?,15-,16-,17-,18?,20+,21-,22-/m0/s1. The Morgan fingerprint density at radius 1 is 0.960 bits per heavy atom. The van der Waals surface area contributed by atoms with Crippen LogP contribution in [0.1, 0.15) is 78.6 Å². The van der Waals surface area contributed by atoms with Crippen LogP contribution in [0.15, 0.2) is 0 Å². The molecular formula is C22H35BrO2. The highest BCUT2D eigenvalue weighted by molar-refractivity contribution is 9.09. The van der Waals surface area contributed by atoms with Crippen molar-refractivity contribution in [2.45, 2.75) is 84.2 Å². The van der Waals surface area contributed by atoms with Crippen molar-refractivity contribution in [3.05, 3.63) is 0 Å². The third kappa shape index (κ3) is 2.70. The highest BCUT2D eigenvalue weighted by atomic mass is 79.9. The molecule has 0 spiro atoms. The monoisotopic (exact) mass is 410 g/mol. The van der Waals surface area contributed by atoms with Gasteiger partial charge in [-0.05, 0) is 99.2 Å². The minimum atomic E-state index is -0.444. The Hall–Kier alpha value is 0.110. The average Bonchev–Trinajstić information content (AvgIpc) is 2.92. The Morgan fingerprint density at radius 2 is 1.68 bits per heavy atom. The van der Waals surface area contributed by atoms with Gasteiger partial charge in [0, 0.05) is 5.92 Å². The third-order valence-electron chi connectivity index (χ3n) is 9.47. The van der Waals surface area contributed by atoms with Crippen LogP contribution in [0.2, 0.25) is 0 Å². The van der Waals surface area contributed by atoms with E-state index >= 15 is 0 Å². The first-order chi connectivity index (χ1) is 11.7. The van der Waals surface area contributed by atoms with Gasteiger partial charge in [0.2, 0.25) is 0 Å². The molecule has 0 bridgehead atoms. The number of hydrogen-bond acceptors (Lipinski definition) is 2. The van der Waals surface area contributed by atoms with Crippen LogP contribution < -0.4 is 0 Å². The molecule has 0 saturated heterocycles. The van der Waals surface area contributed by atoms with Crippen LogP contribution in [0.4, 0.5) is 0 Å². The van der Waals surface area contributed by atoms with E-state index in [1.54, 1.807) is 0 Å². The molecule has 4 aliphatic carbocycles. The largest absolute Gasteiger partial charge is 0.390 e. The van der Waals surface area contributed by atoms with Gasteiger partial charge in [0.15, 0.2) is 0 Å². The number of halogens is 1. The first-order valence-corrected chi connectivity index (χ1v) is 11.6. The van der Waals surface area contributed by atoms with E-state index in [0.29, 0.717) is 22.4 Å². The summed E-state index contributed by atoms with van der Waals surface area (Å²) in [6.45, 7) is 7.03. The van der Waals surface area contributed by atoms with Crippen LogP contribution in [0.3, 0.4) is 0 Å². The number of alkyl halides is 1. The highest BCUT2D eigenvalue weighted by Gasteiger charge is 2.61. The Kier molecular flexibility index (Phi) is 4.47. The van der Waals surface area contributed by atoms with Gasteiger partial charge in [-0.25, -0.2) is 0 Å². The molecule has 2 unspecified atom stereocenters. The minimum absolute atomic E-state index is 0.245. The van der Waals surface area contributed by atoms with Crippen LogP contribution in [0, 0.1) is 40.4 Å².